The van der Waals surface area contributed by atoms with Crippen LogP contribution in [-0.2, 0) is 9.53 Å². The van der Waals surface area contributed by atoms with Crippen molar-refractivity contribution in [2.45, 2.75) is 6.92 Å². The zero-order chi connectivity index (χ0) is 25.7. The summed E-state index contributed by atoms with van der Waals surface area (Å²) in [6, 6.07) is 21.4. The largest absolute Gasteiger partial charge is 0.452 e. The van der Waals surface area contributed by atoms with Crippen molar-refractivity contribution in [2.24, 2.45) is 0 Å². The molecule has 1 aromatic heterocycles. The Labute approximate surface area is 205 Å². The fraction of sp³-hybridized carbons (Fsp3) is 0.0769. The van der Waals surface area contributed by atoms with Gasteiger partial charge in [0.25, 0.3) is 17.5 Å². The number of benzene rings is 3. The number of carbonyl (C=O) groups excluding carboxylic acids is 3. The van der Waals surface area contributed by atoms with E-state index in [1.807, 2.05) is 36.4 Å². The van der Waals surface area contributed by atoms with Crippen LogP contribution in [0.1, 0.15) is 26.3 Å². The Bertz CT molecular complexity index is 1470. The van der Waals surface area contributed by atoms with Crippen LogP contribution < -0.4 is 10.9 Å². The van der Waals surface area contributed by atoms with Crippen LogP contribution in [0.2, 0.25) is 0 Å². The molecule has 0 aliphatic rings. The number of aromatic nitrogens is 1. The third kappa shape index (κ3) is 5.17. The van der Waals surface area contributed by atoms with E-state index in [1.165, 1.54) is 24.3 Å². The summed E-state index contributed by atoms with van der Waals surface area (Å²) in [5, 5.41) is 11.3. The summed E-state index contributed by atoms with van der Waals surface area (Å²) in [6.45, 7) is 1.12. The first-order valence-electron chi connectivity index (χ1n) is 10.8. The number of carbonyl (C=O) groups is 3. The smallest absolute Gasteiger partial charge is 0.339 e. The molecule has 0 unspecified atom stereocenters. The molecule has 180 valence electrons. The number of esters is 1. The number of ether oxygens (including phenoxy) is 1. The summed E-state index contributed by atoms with van der Waals surface area (Å²) >= 11 is 0. The summed E-state index contributed by atoms with van der Waals surface area (Å²) in [7, 11) is 0. The standard InChI is InChI=1S/C26H20N4O6/c1-16-23(20-9-5-6-10-21(20)27-24(16)17-7-3-2-4-8-17)26(33)36-15-22(31)28-29-25(32)18-11-13-19(14-12-18)30(34)35/h2-14H,15H2,1H3,(H,28,31)(H,29,32). The topological polar surface area (TPSA) is 141 Å². The lowest BCUT2D eigenvalue weighted by molar-refractivity contribution is -0.384. The second-order valence-electron chi connectivity index (χ2n) is 7.73. The van der Waals surface area contributed by atoms with Crippen LogP contribution in [0.25, 0.3) is 22.2 Å². The van der Waals surface area contributed by atoms with Crippen LogP contribution in [0.15, 0.2) is 78.9 Å². The first-order valence-corrected chi connectivity index (χ1v) is 10.8. The number of hydrazine groups is 1. The minimum Gasteiger partial charge on any atom is -0.452 e. The van der Waals surface area contributed by atoms with Crippen molar-refractivity contribution in [3.63, 3.8) is 0 Å². The van der Waals surface area contributed by atoms with Crippen molar-refractivity contribution >= 4 is 34.4 Å². The highest BCUT2D eigenvalue weighted by Gasteiger charge is 2.21. The number of nitro groups is 1. The van der Waals surface area contributed by atoms with E-state index in [1.54, 1.807) is 25.1 Å². The van der Waals surface area contributed by atoms with Crippen LogP contribution in [0, 0.1) is 17.0 Å². The molecule has 0 fully saturated rings. The number of pyridine rings is 1. The molecule has 0 saturated carbocycles. The SMILES string of the molecule is Cc1c(-c2ccccc2)nc2ccccc2c1C(=O)OCC(=O)NNC(=O)c1ccc([N+](=O)[O-])cc1. The molecule has 10 heteroatoms. The van der Waals surface area contributed by atoms with Gasteiger partial charge in [0.2, 0.25) is 0 Å². The van der Waals surface area contributed by atoms with Gasteiger partial charge >= 0.3 is 5.97 Å². The van der Waals surface area contributed by atoms with Crippen LogP contribution in [-0.4, -0.2) is 34.3 Å². The van der Waals surface area contributed by atoms with Gasteiger partial charge in [-0.1, -0.05) is 48.5 Å². The van der Waals surface area contributed by atoms with E-state index in [0.29, 0.717) is 27.7 Å². The molecule has 0 aliphatic carbocycles. The Kier molecular flexibility index (Phi) is 6.96. The fourth-order valence-corrected chi connectivity index (χ4v) is 3.62. The summed E-state index contributed by atoms with van der Waals surface area (Å²) in [5.41, 5.74) is 7.23. The van der Waals surface area contributed by atoms with Gasteiger partial charge < -0.3 is 4.74 Å². The number of amides is 2. The minimum absolute atomic E-state index is 0.102. The number of nitro benzene ring substituents is 1. The van der Waals surface area contributed by atoms with E-state index in [4.69, 9.17) is 9.72 Å². The summed E-state index contributed by atoms with van der Waals surface area (Å²) in [6.07, 6.45) is 0. The van der Waals surface area contributed by atoms with Crippen molar-refractivity contribution in [1.29, 1.82) is 0 Å². The monoisotopic (exact) mass is 484 g/mol. The van der Waals surface area contributed by atoms with Gasteiger partial charge in [-0.15, -0.1) is 0 Å². The molecule has 2 amide bonds. The predicted octanol–water partition coefficient (Wildman–Crippen LogP) is 3.74. The van der Waals surface area contributed by atoms with Crippen LogP contribution in [0.4, 0.5) is 5.69 Å². The maximum absolute atomic E-state index is 13.0. The second kappa shape index (κ2) is 10.4. The van der Waals surface area contributed by atoms with Crippen molar-refractivity contribution in [3.05, 3.63) is 106 Å². The van der Waals surface area contributed by atoms with Gasteiger partial charge in [0.1, 0.15) is 0 Å². The Morgan fingerprint density at radius 1 is 0.917 bits per heavy atom. The Balaban J connectivity index is 1.45. The van der Waals surface area contributed by atoms with Crippen molar-refractivity contribution in [2.75, 3.05) is 6.61 Å². The second-order valence-corrected chi connectivity index (χ2v) is 7.73. The molecule has 0 spiro atoms. The first kappa shape index (κ1) is 24.0. The number of fused-ring (bicyclic) bond motifs is 1. The van der Waals surface area contributed by atoms with Gasteiger partial charge in [0, 0.05) is 28.6 Å². The van der Waals surface area contributed by atoms with E-state index in [9.17, 15) is 24.5 Å². The maximum atomic E-state index is 13.0. The van der Waals surface area contributed by atoms with Crippen molar-refractivity contribution < 1.29 is 24.0 Å². The van der Waals surface area contributed by atoms with Gasteiger partial charge in [0.05, 0.1) is 21.7 Å². The predicted molar refractivity (Wildman–Crippen MR) is 131 cm³/mol. The number of non-ortho nitro benzene ring substituents is 1. The Hall–Kier alpha value is -5.12. The minimum atomic E-state index is -0.766. The molecule has 1 heterocycles. The summed E-state index contributed by atoms with van der Waals surface area (Å²) < 4.78 is 5.24. The highest BCUT2D eigenvalue weighted by atomic mass is 16.6. The van der Waals surface area contributed by atoms with Crippen LogP contribution >= 0.6 is 0 Å². The molecular weight excluding hydrogens is 464 g/mol. The average Bonchev–Trinajstić information content (AvgIpc) is 2.90. The molecular formula is C26H20N4O6. The lowest BCUT2D eigenvalue weighted by Gasteiger charge is -2.14. The van der Waals surface area contributed by atoms with E-state index < -0.39 is 29.3 Å². The number of para-hydroxylation sites is 1. The van der Waals surface area contributed by atoms with Gasteiger partial charge in [0.15, 0.2) is 6.61 Å². The molecule has 0 radical (unpaired) electrons. The lowest BCUT2D eigenvalue weighted by atomic mass is 9.98. The normalized spacial score (nSPS) is 10.5. The first-order chi connectivity index (χ1) is 17.3. The van der Waals surface area contributed by atoms with E-state index in [2.05, 4.69) is 10.9 Å². The van der Waals surface area contributed by atoms with Gasteiger partial charge in [-0.25, -0.2) is 9.78 Å². The zero-order valence-corrected chi connectivity index (χ0v) is 19.1. The fourth-order valence-electron chi connectivity index (χ4n) is 3.62. The highest BCUT2D eigenvalue weighted by Crippen LogP contribution is 2.30. The molecule has 3 aromatic carbocycles. The average molecular weight is 484 g/mol. The number of rotatable bonds is 6. The number of hydrogen-bond donors (Lipinski definition) is 2. The van der Waals surface area contributed by atoms with Crippen molar-refractivity contribution in [3.8, 4) is 11.3 Å². The summed E-state index contributed by atoms with van der Waals surface area (Å²) in [4.78, 5) is 52.2. The third-order valence-corrected chi connectivity index (χ3v) is 5.38. The third-order valence-electron chi connectivity index (χ3n) is 5.38. The molecule has 0 aliphatic heterocycles. The zero-order valence-electron chi connectivity index (χ0n) is 19.1. The van der Waals surface area contributed by atoms with Crippen LogP contribution in [0.5, 0.6) is 0 Å². The molecule has 36 heavy (non-hydrogen) atoms. The van der Waals surface area contributed by atoms with Gasteiger partial charge in [-0.2, -0.15) is 0 Å². The summed E-state index contributed by atoms with van der Waals surface area (Å²) in [5.74, 6) is -2.16. The molecule has 4 aromatic rings. The van der Waals surface area contributed by atoms with E-state index in [-0.39, 0.29) is 11.3 Å². The number of nitrogens with one attached hydrogen (secondary N) is 2. The van der Waals surface area contributed by atoms with Gasteiger partial charge in [-0.05, 0) is 30.7 Å². The number of nitrogens with zero attached hydrogens (tertiary/aromatic N) is 2. The number of hydrogen-bond acceptors (Lipinski definition) is 7. The van der Waals surface area contributed by atoms with Gasteiger partial charge in [-0.3, -0.25) is 30.6 Å². The molecule has 0 saturated heterocycles. The quantitative estimate of drug-likeness (QED) is 0.241. The van der Waals surface area contributed by atoms with Crippen molar-refractivity contribution in [1.82, 2.24) is 15.8 Å². The maximum Gasteiger partial charge on any atom is 0.339 e. The van der Waals surface area contributed by atoms with Crippen LogP contribution in [0.3, 0.4) is 0 Å². The lowest BCUT2D eigenvalue weighted by Crippen LogP contribution is -2.43. The van der Waals surface area contributed by atoms with E-state index >= 15 is 0 Å². The molecule has 0 bridgehead atoms. The molecule has 10 nitrogen and oxygen atoms in total. The highest BCUT2D eigenvalue weighted by molar-refractivity contribution is 6.07. The van der Waals surface area contributed by atoms with E-state index in [0.717, 1.165) is 5.56 Å². The Morgan fingerprint density at radius 3 is 2.28 bits per heavy atom. The molecule has 2 N–H and O–H groups in total. The molecule has 0 atom stereocenters. The Morgan fingerprint density at radius 2 is 1.58 bits per heavy atom. The molecule has 4 rings (SSSR count).